The number of ether oxygens (including phenoxy) is 1. The molecule has 1 amide bonds. The second-order valence-corrected chi connectivity index (χ2v) is 3.89. The van der Waals surface area contributed by atoms with E-state index in [-0.39, 0.29) is 5.56 Å². The minimum atomic E-state index is -1.24. The second-order valence-electron chi connectivity index (χ2n) is 3.89. The third-order valence-corrected chi connectivity index (χ3v) is 2.65. The van der Waals surface area contributed by atoms with E-state index in [1.54, 1.807) is 6.08 Å². The lowest BCUT2D eigenvalue weighted by Crippen LogP contribution is -2.40. The highest BCUT2D eigenvalue weighted by atomic mass is 19.1. The summed E-state index contributed by atoms with van der Waals surface area (Å²) in [6.45, 7) is 0. The molecule has 1 aromatic rings. The van der Waals surface area contributed by atoms with Crippen LogP contribution in [0.4, 0.5) is 13.6 Å². The molecular weight excluding hydrogens is 244 g/mol. The average Bonchev–Trinajstić information content (AvgIpc) is 2.32. The Morgan fingerprint density at radius 1 is 1.44 bits per heavy atom. The standard InChI is InChI=1S/C12H11F2NO3/c13-7-3-4-9(14)8(6-7)11-10(15-12(16)17)2-1-5-18-11/h1,3-6,10-11,15H,2H2,(H,16,17)/t10-,11+/m0/s1. The maximum absolute atomic E-state index is 13.6. The van der Waals surface area contributed by atoms with Crippen LogP contribution in [-0.4, -0.2) is 17.2 Å². The molecule has 18 heavy (non-hydrogen) atoms. The van der Waals surface area contributed by atoms with Crippen molar-refractivity contribution in [2.45, 2.75) is 18.6 Å². The Morgan fingerprint density at radius 3 is 2.94 bits per heavy atom. The van der Waals surface area contributed by atoms with Crippen LogP contribution in [0.2, 0.25) is 0 Å². The first kappa shape index (κ1) is 12.3. The van der Waals surface area contributed by atoms with Gasteiger partial charge in [-0.1, -0.05) is 0 Å². The first-order chi connectivity index (χ1) is 8.58. The zero-order valence-corrected chi connectivity index (χ0v) is 9.27. The Labute approximate surface area is 102 Å². The molecule has 0 spiro atoms. The first-order valence-corrected chi connectivity index (χ1v) is 5.33. The van der Waals surface area contributed by atoms with Crippen molar-refractivity contribution in [3.63, 3.8) is 0 Å². The molecule has 0 saturated carbocycles. The Hall–Kier alpha value is -2.11. The molecule has 1 heterocycles. The Kier molecular flexibility index (Phi) is 3.45. The second kappa shape index (κ2) is 5.03. The van der Waals surface area contributed by atoms with E-state index in [9.17, 15) is 13.6 Å². The summed E-state index contributed by atoms with van der Waals surface area (Å²) < 4.78 is 31.9. The molecule has 0 fully saturated rings. The van der Waals surface area contributed by atoms with Crippen LogP contribution in [0.15, 0.2) is 30.5 Å². The minimum absolute atomic E-state index is 0.00176. The van der Waals surface area contributed by atoms with Gasteiger partial charge in [0.15, 0.2) is 0 Å². The Bertz CT molecular complexity index is 490. The van der Waals surface area contributed by atoms with Gasteiger partial charge in [0.1, 0.15) is 17.7 Å². The van der Waals surface area contributed by atoms with Gasteiger partial charge in [-0.3, -0.25) is 0 Å². The van der Waals surface area contributed by atoms with E-state index < -0.39 is 29.9 Å². The van der Waals surface area contributed by atoms with E-state index in [0.29, 0.717) is 6.42 Å². The molecule has 6 heteroatoms. The van der Waals surface area contributed by atoms with E-state index >= 15 is 0 Å². The van der Waals surface area contributed by atoms with Crippen molar-refractivity contribution in [3.05, 3.63) is 47.7 Å². The van der Waals surface area contributed by atoms with Crippen LogP contribution >= 0.6 is 0 Å². The molecule has 96 valence electrons. The van der Waals surface area contributed by atoms with Gasteiger partial charge in [0.05, 0.1) is 12.3 Å². The van der Waals surface area contributed by atoms with Gasteiger partial charge in [0.25, 0.3) is 0 Å². The minimum Gasteiger partial charge on any atom is -0.491 e. The van der Waals surface area contributed by atoms with Crippen LogP contribution in [0.25, 0.3) is 0 Å². The molecule has 0 radical (unpaired) electrons. The number of rotatable bonds is 2. The number of hydrogen-bond donors (Lipinski definition) is 2. The van der Waals surface area contributed by atoms with Crippen LogP contribution in [-0.2, 0) is 4.74 Å². The van der Waals surface area contributed by atoms with Crippen LogP contribution in [0.1, 0.15) is 18.1 Å². The summed E-state index contributed by atoms with van der Waals surface area (Å²) in [7, 11) is 0. The predicted octanol–water partition coefficient (Wildman–Crippen LogP) is 2.58. The molecular formula is C12H11F2NO3. The van der Waals surface area contributed by atoms with Gasteiger partial charge in [-0.25, -0.2) is 13.6 Å². The summed E-state index contributed by atoms with van der Waals surface area (Å²) in [6, 6.07) is 2.35. The maximum Gasteiger partial charge on any atom is 0.405 e. The van der Waals surface area contributed by atoms with Gasteiger partial charge in [-0.15, -0.1) is 0 Å². The van der Waals surface area contributed by atoms with Crippen LogP contribution in [0.3, 0.4) is 0 Å². The van der Waals surface area contributed by atoms with Crippen molar-refractivity contribution < 1.29 is 23.4 Å². The third-order valence-electron chi connectivity index (χ3n) is 2.65. The fourth-order valence-corrected chi connectivity index (χ4v) is 1.88. The lowest BCUT2D eigenvalue weighted by atomic mass is 9.97. The smallest absolute Gasteiger partial charge is 0.405 e. The highest BCUT2D eigenvalue weighted by molar-refractivity contribution is 5.65. The van der Waals surface area contributed by atoms with Gasteiger partial charge in [-0.2, -0.15) is 0 Å². The van der Waals surface area contributed by atoms with Crippen LogP contribution < -0.4 is 5.32 Å². The van der Waals surface area contributed by atoms with Crippen LogP contribution in [0, 0.1) is 11.6 Å². The normalized spacial score (nSPS) is 22.3. The molecule has 0 aliphatic carbocycles. The van der Waals surface area contributed by atoms with Gasteiger partial charge < -0.3 is 15.2 Å². The van der Waals surface area contributed by atoms with E-state index in [0.717, 1.165) is 18.2 Å². The third kappa shape index (κ3) is 2.58. The summed E-state index contributed by atoms with van der Waals surface area (Å²) in [6.07, 6.45) is 1.22. The lowest BCUT2D eigenvalue weighted by Gasteiger charge is -2.29. The monoisotopic (exact) mass is 255 g/mol. The van der Waals surface area contributed by atoms with Crippen LogP contribution in [0.5, 0.6) is 0 Å². The molecule has 1 aliphatic heterocycles. The molecule has 2 rings (SSSR count). The lowest BCUT2D eigenvalue weighted by molar-refractivity contribution is 0.0849. The Morgan fingerprint density at radius 2 is 2.22 bits per heavy atom. The first-order valence-electron chi connectivity index (χ1n) is 5.33. The summed E-state index contributed by atoms with van der Waals surface area (Å²) >= 11 is 0. The van der Waals surface area contributed by atoms with Gasteiger partial charge in [0, 0.05) is 5.56 Å². The molecule has 1 aromatic carbocycles. The van der Waals surface area contributed by atoms with E-state index in [1.807, 2.05) is 0 Å². The van der Waals surface area contributed by atoms with E-state index in [2.05, 4.69) is 5.32 Å². The zero-order valence-electron chi connectivity index (χ0n) is 9.27. The number of halogens is 2. The largest absolute Gasteiger partial charge is 0.491 e. The van der Waals surface area contributed by atoms with Gasteiger partial charge in [-0.05, 0) is 30.7 Å². The quantitative estimate of drug-likeness (QED) is 0.853. The molecule has 0 saturated heterocycles. The Balaban J connectivity index is 2.31. The SMILES string of the molecule is O=C(O)N[C@H]1CC=CO[C@@H]1c1cc(F)ccc1F. The number of amides is 1. The zero-order chi connectivity index (χ0) is 13.1. The fraction of sp³-hybridized carbons (Fsp3) is 0.250. The fourth-order valence-electron chi connectivity index (χ4n) is 1.88. The highest BCUT2D eigenvalue weighted by Gasteiger charge is 2.29. The topological polar surface area (TPSA) is 58.6 Å². The molecule has 4 nitrogen and oxygen atoms in total. The molecule has 1 aliphatic rings. The summed E-state index contributed by atoms with van der Waals surface area (Å²) in [5.41, 5.74) is -0.00176. The van der Waals surface area contributed by atoms with Crippen molar-refractivity contribution in [1.29, 1.82) is 0 Å². The molecule has 2 atom stereocenters. The van der Waals surface area contributed by atoms with Crippen molar-refractivity contribution in [2.75, 3.05) is 0 Å². The molecule has 0 bridgehead atoms. The maximum atomic E-state index is 13.6. The van der Waals surface area contributed by atoms with Crippen molar-refractivity contribution in [2.24, 2.45) is 0 Å². The average molecular weight is 255 g/mol. The molecule has 0 unspecified atom stereocenters. The van der Waals surface area contributed by atoms with Gasteiger partial charge >= 0.3 is 6.09 Å². The molecule has 0 aromatic heterocycles. The van der Waals surface area contributed by atoms with Crippen molar-refractivity contribution in [3.8, 4) is 0 Å². The van der Waals surface area contributed by atoms with E-state index in [1.165, 1.54) is 6.26 Å². The number of benzene rings is 1. The van der Waals surface area contributed by atoms with Crippen molar-refractivity contribution >= 4 is 6.09 Å². The number of carboxylic acid groups (broad SMARTS) is 1. The van der Waals surface area contributed by atoms with Crippen molar-refractivity contribution in [1.82, 2.24) is 5.32 Å². The van der Waals surface area contributed by atoms with Gasteiger partial charge in [0.2, 0.25) is 0 Å². The van der Waals surface area contributed by atoms with E-state index in [4.69, 9.17) is 9.84 Å². The number of nitrogens with one attached hydrogen (secondary N) is 1. The number of carbonyl (C=O) groups is 1. The number of hydrogen-bond acceptors (Lipinski definition) is 2. The summed E-state index contributed by atoms with van der Waals surface area (Å²) in [5, 5.41) is 10.9. The molecule has 2 N–H and O–H groups in total. The summed E-state index contributed by atoms with van der Waals surface area (Å²) in [4.78, 5) is 10.6. The summed E-state index contributed by atoms with van der Waals surface area (Å²) in [5.74, 6) is -1.23. The predicted molar refractivity (Wildman–Crippen MR) is 58.9 cm³/mol. The highest BCUT2D eigenvalue weighted by Crippen LogP contribution is 2.29.